The highest BCUT2D eigenvalue weighted by Gasteiger charge is 2.45. The predicted octanol–water partition coefficient (Wildman–Crippen LogP) is 4.46. The molecule has 200 valence electrons. The summed E-state index contributed by atoms with van der Waals surface area (Å²) in [5, 5.41) is 23.3. The molecule has 1 aromatic heterocycles. The lowest BCUT2D eigenvalue weighted by molar-refractivity contribution is -0.0220. The van der Waals surface area contributed by atoms with Crippen molar-refractivity contribution in [1.29, 1.82) is 0 Å². The van der Waals surface area contributed by atoms with Gasteiger partial charge in [-0.3, -0.25) is 4.79 Å². The number of benzene rings is 1. The summed E-state index contributed by atoms with van der Waals surface area (Å²) in [5.74, 6) is -2.45. The van der Waals surface area contributed by atoms with E-state index in [0.29, 0.717) is 28.2 Å². The number of rotatable bonds is 6. The Labute approximate surface area is 216 Å². The maximum atomic E-state index is 13.7. The Balaban J connectivity index is 1.40. The fourth-order valence-corrected chi connectivity index (χ4v) is 5.43. The molecule has 0 bridgehead atoms. The van der Waals surface area contributed by atoms with Gasteiger partial charge in [0.2, 0.25) is 0 Å². The smallest absolute Gasteiger partial charge is 0.259 e. The zero-order valence-electron chi connectivity index (χ0n) is 21.6. The van der Waals surface area contributed by atoms with Crippen molar-refractivity contribution in [3.63, 3.8) is 0 Å². The molecular formula is C28H36F2N4O3. The number of carbonyl (C=O) groups is 1. The third kappa shape index (κ3) is 5.57. The van der Waals surface area contributed by atoms with E-state index < -0.39 is 18.1 Å². The molecule has 2 saturated heterocycles. The average molecular weight is 515 g/mol. The lowest BCUT2D eigenvalue weighted by Gasteiger charge is -2.35. The molecule has 3 N–H and O–H groups in total. The van der Waals surface area contributed by atoms with Crippen molar-refractivity contribution < 1.29 is 23.8 Å². The van der Waals surface area contributed by atoms with Crippen molar-refractivity contribution in [2.24, 2.45) is 5.41 Å². The number of carbonyl (C=O) groups excluding carboxylic acids is 1. The van der Waals surface area contributed by atoms with Crippen LogP contribution in [0.3, 0.4) is 0 Å². The first-order valence-corrected chi connectivity index (χ1v) is 13.1. The topological polar surface area (TPSA) is 88.9 Å². The molecule has 1 unspecified atom stereocenters. The molecule has 3 aliphatic rings. The van der Waals surface area contributed by atoms with Gasteiger partial charge in [-0.25, -0.2) is 13.8 Å². The highest BCUT2D eigenvalue weighted by Crippen LogP contribution is 2.54. The van der Waals surface area contributed by atoms with Crippen LogP contribution in [0.1, 0.15) is 67.1 Å². The molecule has 5 rings (SSSR count). The van der Waals surface area contributed by atoms with Crippen molar-refractivity contribution in [3.8, 4) is 0 Å². The van der Waals surface area contributed by atoms with Crippen molar-refractivity contribution >= 4 is 23.1 Å². The predicted molar refractivity (Wildman–Crippen MR) is 140 cm³/mol. The fraction of sp³-hybridized carbons (Fsp3) is 0.571. The zero-order chi connectivity index (χ0) is 26.4. The molecule has 1 saturated carbocycles. The minimum Gasteiger partial charge on any atom is -0.393 e. The Morgan fingerprint density at radius 1 is 1.03 bits per heavy atom. The number of aromatic nitrogens is 1. The number of nitrogens with one attached hydrogen (secondary N) is 1. The van der Waals surface area contributed by atoms with E-state index in [9.17, 15) is 23.8 Å². The van der Waals surface area contributed by atoms with Gasteiger partial charge in [-0.2, -0.15) is 0 Å². The summed E-state index contributed by atoms with van der Waals surface area (Å²) < 4.78 is 27.3. The van der Waals surface area contributed by atoms with Gasteiger partial charge >= 0.3 is 0 Å². The molecule has 2 aliphatic heterocycles. The van der Waals surface area contributed by atoms with Crippen molar-refractivity contribution in [2.45, 2.75) is 63.9 Å². The van der Waals surface area contributed by atoms with Crippen LogP contribution in [-0.4, -0.2) is 59.8 Å². The maximum Gasteiger partial charge on any atom is 0.259 e. The number of halogens is 2. The molecular weight excluding hydrogens is 478 g/mol. The highest BCUT2D eigenvalue weighted by atomic mass is 19.3. The third-order valence-corrected chi connectivity index (χ3v) is 8.24. The van der Waals surface area contributed by atoms with Gasteiger partial charge in [-0.1, -0.05) is 0 Å². The van der Waals surface area contributed by atoms with Crippen LogP contribution in [0.4, 0.5) is 26.0 Å². The quantitative estimate of drug-likeness (QED) is 0.528. The molecule has 3 fully saturated rings. The summed E-state index contributed by atoms with van der Waals surface area (Å²) in [6.45, 7) is 5.03. The summed E-state index contributed by atoms with van der Waals surface area (Å²) in [6, 6.07) is 8.86. The van der Waals surface area contributed by atoms with Gasteiger partial charge in [0.05, 0.1) is 17.9 Å². The first-order chi connectivity index (χ1) is 17.5. The summed E-state index contributed by atoms with van der Waals surface area (Å²) in [5.41, 5.74) is 1.95. The normalized spacial score (nSPS) is 22.0. The number of alkyl halides is 2. The van der Waals surface area contributed by atoms with Gasteiger partial charge in [-0.05, 0) is 80.8 Å². The van der Waals surface area contributed by atoms with Gasteiger partial charge in [0.25, 0.3) is 11.8 Å². The van der Waals surface area contributed by atoms with E-state index in [1.54, 1.807) is 12.1 Å². The second-order valence-electron chi connectivity index (χ2n) is 11.3. The number of aryl methyl sites for hydroxylation is 1. The molecule has 1 spiro atoms. The number of hydrogen-bond donors (Lipinski definition) is 3. The van der Waals surface area contributed by atoms with Crippen LogP contribution >= 0.6 is 0 Å². The molecule has 2 aromatic rings. The van der Waals surface area contributed by atoms with E-state index in [1.807, 2.05) is 30.0 Å². The van der Waals surface area contributed by atoms with Crippen LogP contribution < -0.4 is 15.1 Å². The standard InChI is InChI=1S/C28H36F2N4O3/c1-19-15-20(17-21(16-19)33-13-9-28(29,30)10-14-33)31-25(36)22-3-4-23(26(2,37)18-35)32-24(22)34-11-7-27(5-6-27)8-12-34/h3-4,15-17,35,37H,5-14,18H2,1-2H3,(H,31,36). The number of aliphatic hydroxyl groups is 2. The summed E-state index contributed by atoms with van der Waals surface area (Å²) in [6.07, 6.45) is 4.24. The van der Waals surface area contributed by atoms with E-state index >= 15 is 0 Å². The second-order valence-corrected chi connectivity index (χ2v) is 11.3. The van der Waals surface area contributed by atoms with Gasteiger partial charge in [0, 0.05) is 50.4 Å². The minimum absolute atomic E-state index is 0.182. The van der Waals surface area contributed by atoms with E-state index in [1.165, 1.54) is 19.8 Å². The van der Waals surface area contributed by atoms with E-state index in [0.717, 1.165) is 37.2 Å². The Morgan fingerprint density at radius 3 is 2.30 bits per heavy atom. The number of aliphatic hydroxyl groups excluding tert-OH is 1. The Kier molecular flexibility index (Phi) is 6.64. The summed E-state index contributed by atoms with van der Waals surface area (Å²) >= 11 is 0. The van der Waals surface area contributed by atoms with Gasteiger partial charge in [-0.15, -0.1) is 0 Å². The molecule has 1 atom stereocenters. The van der Waals surface area contributed by atoms with E-state index in [4.69, 9.17) is 0 Å². The minimum atomic E-state index is -2.62. The SMILES string of the molecule is Cc1cc(NC(=O)c2ccc(C(C)(O)CO)nc2N2CCC3(CC2)CC3)cc(N2CCC(F)(F)CC2)c1. The lowest BCUT2D eigenvalue weighted by atomic mass is 9.93. The molecule has 1 aromatic carbocycles. The lowest BCUT2D eigenvalue weighted by Crippen LogP contribution is -2.39. The van der Waals surface area contributed by atoms with Gasteiger partial charge in [0.1, 0.15) is 11.4 Å². The molecule has 0 radical (unpaired) electrons. The van der Waals surface area contributed by atoms with Crippen LogP contribution in [-0.2, 0) is 5.60 Å². The number of piperidine rings is 2. The average Bonchev–Trinajstić information content (AvgIpc) is 3.62. The van der Waals surface area contributed by atoms with Crippen LogP contribution in [0.2, 0.25) is 0 Å². The van der Waals surface area contributed by atoms with E-state index in [2.05, 4.69) is 15.2 Å². The second kappa shape index (κ2) is 9.51. The fourth-order valence-electron chi connectivity index (χ4n) is 5.43. The largest absolute Gasteiger partial charge is 0.393 e. The molecule has 37 heavy (non-hydrogen) atoms. The zero-order valence-corrected chi connectivity index (χ0v) is 21.6. The molecule has 3 heterocycles. The van der Waals surface area contributed by atoms with Gasteiger partial charge in [0.15, 0.2) is 0 Å². The van der Waals surface area contributed by atoms with Gasteiger partial charge < -0.3 is 25.3 Å². The Bertz CT molecular complexity index is 1160. The maximum absolute atomic E-state index is 13.7. The van der Waals surface area contributed by atoms with Crippen molar-refractivity contribution in [3.05, 3.63) is 47.2 Å². The number of anilines is 3. The summed E-state index contributed by atoms with van der Waals surface area (Å²) in [7, 11) is 0. The first-order valence-electron chi connectivity index (χ1n) is 13.1. The molecule has 1 amide bonds. The highest BCUT2D eigenvalue weighted by molar-refractivity contribution is 6.07. The van der Waals surface area contributed by atoms with Crippen LogP contribution in [0.5, 0.6) is 0 Å². The van der Waals surface area contributed by atoms with Crippen molar-refractivity contribution in [2.75, 3.05) is 47.9 Å². The Hall–Kier alpha value is -2.78. The van der Waals surface area contributed by atoms with Crippen LogP contribution in [0.15, 0.2) is 30.3 Å². The van der Waals surface area contributed by atoms with Crippen molar-refractivity contribution in [1.82, 2.24) is 4.98 Å². The number of pyridine rings is 1. The number of nitrogens with zero attached hydrogens (tertiary/aromatic N) is 3. The van der Waals surface area contributed by atoms with Crippen LogP contribution in [0, 0.1) is 12.3 Å². The monoisotopic (exact) mass is 514 g/mol. The third-order valence-electron chi connectivity index (χ3n) is 8.24. The molecule has 9 heteroatoms. The molecule has 7 nitrogen and oxygen atoms in total. The Morgan fingerprint density at radius 2 is 1.68 bits per heavy atom. The first kappa shape index (κ1) is 25.9. The summed E-state index contributed by atoms with van der Waals surface area (Å²) in [4.78, 5) is 22.2. The number of amides is 1. The number of hydrogen-bond acceptors (Lipinski definition) is 6. The van der Waals surface area contributed by atoms with Crippen LogP contribution in [0.25, 0.3) is 0 Å². The van der Waals surface area contributed by atoms with E-state index in [-0.39, 0.29) is 31.8 Å². The molecule has 1 aliphatic carbocycles.